The van der Waals surface area contributed by atoms with E-state index in [4.69, 9.17) is 16.6 Å². The van der Waals surface area contributed by atoms with Crippen molar-refractivity contribution in [3.63, 3.8) is 0 Å². The molecule has 4 nitrogen and oxygen atoms in total. The minimum absolute atomic E-state index is 0.0876. The smallest absolute Gasteiger partial charge is 0.226 e. The number of carbonyl (C=O) groups is 1. The third-order valence-electron chi connectivity index (χ3n) is 8.12. The van der Waals surface area contributed by atoms with Crippen LogP contribution in [0.5, 0.6) is 0 Å². The summed E-state index contributed by atoms with van der Waals surface area (Å²) < 4.78 is 2.26. The van der Waals surface area contributed by atoms with Gasteiger partial charge in [-0.05, 0) is 86.1 Å². The van der Waals surface area contributed by atoms with E-state index in [0.29, 0.717) is 12.5 Å². The number of hydrogen-bond acceptors (Lipinski definition) is 2. The van der Waals surface area contributed by atoms with Crippen LogP contribution in [0.3, 0.4) is 0 Å². The van der Waals surface area contributed by atoms with Crippen LogP contribution >= 0.6 is 11.6 Å². The van der Waals surface area contributed by atoms with Crippen LogP contribution < -0.4 is 5.32 Å². The van der Waals surface area contributed by atoms with Crippen molar-refractivity contribution in [3.8, 4) is 0 Å². The summed E-state index contributed by atoms with van der Waals surface area (Å²) in [6.07, 6.45) is 8.14. The highest BCUT2D eigenvalue weighted by molar-refractivity contribution is 6.30. The molecule has 1 amide bonds. The van der Waals surface area contributed by atoms with Gasteiger partial charge in [0.1, 0.15) is 5.82 Å². The standard InChI is InChI=1S/C27H30ClN3O/c28-22-5-3-4-18(13-22)17-31-24-7-2-1-6-23(24)30-25(31)8-9-29-26(32)27-14-19-10-20(15-27)12-21(11-19)16-27/h1-7,13,19-21H,8-12,14-17H2,(H,29,32). The van der Waals surface area contributed by atoms with Crippen molar-refractivity contribution in [2.24, 2.45) is 23.2 Å². The van der Waals surface area contributed by atoms with Crippen molar-refractivity contribution in [2.75, 3.05) is 6.54 Å². The molecule has 0 saturated heterocycles. The van der Waals surface area contributed by atoms with Gasteiger partial charge in [0.2, 0.25) is 5.91 Å². The van der Waals surface area contributed by atoms with E-state index in [1.54, 1.807) is 0 Å². The Morgan fingerprint density at radius 2 is 1.75 bits per heavy atom. The van der Waals surface area contributed by atoms with Gasteiger partial charge in [0, 0.05) is 29.9 Å². The Morgan fingerprint density at radius 1 is 1.03 bits per heavy atom. The lowest BCUT2D eigenvalue weighted by molar-refractivity contribution is -0.146. The van der Waals surface area contributed by atoms with Crippen LogP contribution in [0.25, 0.3) is 11.0 Å². The summed E-state index contributed by atoms with van der Waals surface area (Å²) >= 11 is 6.22. The molecule has 4 saturated carbocycles. The molecule has 4 fully saturated rings. The minimum Gasteiger partial charge on any atom is -0.355 e. The topological polar surface area (TPSA) is 46.9 Å². The number of hydrogen-bond donors (Lipinski definition) is 1. The number of fused-ring (bicyclic) bond motifs is 1. The van der Waals surface area contributed by atoms with Gasteiger partial charge in [-0.1, -0.05) is 35.9 Å². The molecule has 0 radical (unpaired) electrons. The maximum atomic E-state index is 13.3. The van der Waals surface area contributed by atoms with Crippen molar-refractivity contribution in [3.05, 3.63) is 64.9 Å². The van der Waals surface area contributed by atoms with Gasteiger partial charge in [0.25, 0.3) is 0 Å². The highest BCUT2D eigenvalue weighted by atomic mass is 35.5. The fourth-order valence-electron chi connectivity index (χ4n) is 7.17. The normalized spacial score (nSPS) is 28.3. The van der Waals surface area contributed by atoms with E-state index in [2.05, 4.69) is 34.1 Å². The average molecular weight is 448 g/mol. The van der Waals surface area contributed by atoms with Crippen LogP contribution in [0, 0.1) is 23.2 Å². The first kappa shape index (κ1) is 20.3. The zero-order valence-electron chi connectivity index (χ0n) is 18.4. The molecule has 5 heteroatoms. The van der Waals surface area contributed by atoms with Crippen LogP contribution in [-0.4, -0.2) is 22.0 Å². The molecule has 1 aromatic heterocycles. The van der Waals surface area contributed by atoms with E-state index >= 15 is 0 Å². The van der Waals surface area contributed by atoms with E-state index < -0.39 is 0 Å². The summed E-state index contributed by atoms with van der Waals surface area (Å²) in [6.45, 7) is 1.36. The fraction of sp³-hybridized carbons (Fsp3) is 0.481. The van der Waals surface area contributed by atoms with Crippen molar-refractivity contribution in [1.29, 1.82) is 0 Å². The monoisotopic (exact) mass is 447 g/mol. The fourth-order valence-corrected chi connectivity index (χ4v) is 7.39. The second-order valence-corrected chi connectivity index (χ2v) is 10.9. The number of nitrogens with zero attached hydrogens (tertiary/aromatic N) is 2. The minimum atomic E-state index is -0.0876. The molecule has 1 N–H and O–H groups in total. The lowest BCUT2D eigenvalue weighted by Crippen LogP contribution is -2.53. The maximum absolute atomic E-state index is 13.3. The van der Waals surface area contributed by atoms with E-state index in [0.717, 1.165) is 77.4 Å². The number of para-hydroxylation sites is 2. The SMILES string of the molecule is O=C(NCCc1nc2ccccc2n1Cc1cccc(Cl)c1)C12CC3CC(CC(C3)C1)C2. The number of nitrogens with one attached hydrogen (secondary N) is 1. The maximum Gasteiger partial charge on any atom is 0.226 e. The molecule has 4 bridgehead atoms. The summed E-state index contributed by atoms with van der Waals surface area (Å²) in [5.41, 5.74) is 3.18. The highest BCUT2D eigenvalue weighted by Gasteiger charge is 2.54. The molecule has 4 aliphatic carbocycles. The largest absolute Gasteiger partial charge is 0.355 e. The van der Waals surface area contributed by atoms with Crippen LogP contribution in [-0.2, 0) is 17.8 Å². The Labute approximate surface area is 194 Å². The second-order valence-electron chi connectivity index (χ2n) is 10.4. The van der Waals surface area contributed by atoms with Gasteiger partial charge in [-0.2, -0.15) is 0 Å². The van der Waals surface area contributed by atoms with Crippen LogP contribution in [0.1, 0.15) is 49.9 Å². The number of benzene rings is 2. The second kappa shape index (κ2) is 7.91. The average Bonchev–Trinajstić information content (AvgIpc) is 3.10. The summed E-state index contributed by atoms with van der Waals surface area (Å²) in [6, 6.07) is 16.2. The van der Waals surface area contributed by atoms with Gasteiger partial charge in [0.15, 0.2) is 0 Å². The van der Waals surface area contributed by atoms with Crippen molar-refractivity contribution in [2.45, 2.75) is 51.5 Å². The number of carbonyl (C=O) groups excluding carboxylic acids is 1. The third kappa shape index (κ3) is 3.63. The van der Waals surface area contributed by atoms with Crippen molar-refractivity contribution in [1.82, 2.24) is 14.9 Å². The molecule has 166 valence electrons. The molecule has 4 aliphatic rings. The molecule has 3 aromatic rings. The predicted molar refractivity (Wildman–Crippen MR) is 128 cm³/mol. The zero-order valence-corrected chi connectivity index (χ0v) is 19.2. The Kier molecular flexibility index (Phi) is 5.02. The zero-order chi connectivity index (χ0) is 21.7. The molecule has 0 aliphatic heterocycles. The number of rotatable bonds is 6. The molecule has 1 heterocycles. The van der Waals surface area contributed by atoms with Gasteiger partial charge in [-0.15, -0.1) is 0 Å². The summed E-state index contributed by atoms with van der Waals surface area (Å²) in [4.78, 5) is 18.2. The van der Waals surface area contributed by atoms with Gasteiger partial charge in [0.05, 0.1) is 11.0 Å². The Hall–Kier alpha value is -2.33. The van der Waals surface area contributed by atoms with Gasteiger partial charge < -0.3 is 9.88 Å². The van der Waals surface area contributed by atoms with Crippen LogP contribution in [0.2, 0.25) is 5.02 Å². The number of halogens is 1. The lowest BCUT2D eigenvalue weighted by Gasteiger charge is -2.55. The summed E-state index contributed by atoms with van der Waals surface area (Å²) in [7, 11) is 0. The molecule has 0 atom stereocenters. The predicted octanol–water partition coefficient (Wildman–Crippen LogP) is 5.61. The van der Waals surface area contributed by atoms with Crippen LogP contribution in [0.15, 0.2) is 48.5 Å². The first-order valence-electron chi connectivity index (χ1n) is 12.0. The Morgan fingerprint density at radius 3 is 2.47 bits per heavy atom. The van der Waals surface area contributed by atoms with Gasteiger partial charge >= 0.3 is 0 Å². The van der Waals surface area contributed by atoms with Gasteiger partial charge in [-0.3, -0.25) is 4.79 Å². The van der Waals surface area contributed by atoms with E-state index in [1.807, 2.05) is 24.3 Å². The van der Waals surface area contributed by atoms with E-state index in [9.17, 15) is 4.79 Å². The molecule has 7 rings (SSSR count). The Balaban J connectivity index is 1.19. The van der Waals surface area contributed by atoms with Crippen molar-refractivity contribution < 1.29 is 4.79 Å². The van der Waals surface area contributed by atoms with E-state index in [-0.39, 0.29) is 5.41 Å². The lowest BCUT2D eigenvalue weighted by atomic mass is 9.49. The molecule has 0 unspecified atom stereocenters. The summed E-state index contributed by atoms with van der Waals surface area (Å²) in [5.74, 6) is 3.67. The molecule has 2 aromatic carbocycles. The number of amides is 1. The van der Waals surface area contributed by atoms with Crippen molar-refractivity contribution >= 4 is 28.5 Å². The molecular weight excluding hydrogens is 418 g/mol. The van der Waals surface area contributed by atoms with Gasteiger partial charge in [-0.25, -0.2) is 4.98 Å². The molecular formula is C27H30ClN3O. The number of imidazole rings is 1. The third-order valence-corrected chi connectivity index (χ3v) is 8.35. The number of aromatic nitrogens is 2. The Bertz CT molecular complexity index is 1130. The van der Waals surface area contributed by atoms with E-state index in [1.165, 1.54) is 19.3 Å². The summed E-state index contributed by atoms with van der Waals surface area (Å²) in [5, 5.41) is 4.07. The molecule has 32 heavy (non-hydrogen) atoms. The first-order chi connectivity index (χ1) is 15.6. The highest BCUT2D eigenvalue weighted by Crippen LogP contribution is 2.60. The quantitative estimate of drug-likeness (QED) is 0.533. The first-order valence-corrected chi connectivity index (χ1v) is 12.4. The molecule has 0 spiro atoms. The van der Waals surface area contributed by atoms with Crippen LogP contribution in [0.4, 0.5) is 0 Å².